The lowest BCUT2D eigenvalue weighted by Gasteiger charge is -2.07. The van der Waals surface area contributed by atoms with Gasteiger partial charge >= 0.3 is 6.18 Å². The fourth-order valence-electron chi connectivity index (χ4n) is 1.98. The van der Waals surface area contributed by atoms with Crippen molar-refractivity contribution in [3.8, 4) is 0 Å². The predicted octanol–water partition coefficient (Wildman–Crippen LogP) is 1.91. The number of aryl methyl sites for hydroxylation is 1. The second-order valence-electron chi connectivity index (χ2n) is 4.62. The van der Waals surface area contributed by atoms with Crippen molar-refractivity contribution in [3.05, 3.63) is 35.9 Å². The average Bonchev–Trinajstić information content (AvgIpc) is 3.11. The third-order valence-electron chi connectivity index (χ3n) is 3.00. The first-order chi connectivity index (χ1) is 10.5. The Morgan fingerprint density at radius 3 is 2.77 bits per heavy atom. The molecule has 0 bridgehead atoms. The molecule has 0 radical (unpaired) electrons. The lowest BCUT2D eigenvalue weighted by molar-refractivity contribution is -0.146. The average molecular weight is 311 g/mol. The second-order valence-corrected chi connectivity index (χ2v) is 4.62. The van der Waals surface area contributed by atoms with E-state index in [-0.39, 0.29) is 5.65 Å². The highest BCUT2D eigenvalue weighted by Gasteiger charge is 2.37. The zero-order valence-corrected chi connectivity index (χ0v) is 11.3. The molecule has 0 aromatic carbocycles. The zero-order chi connectivity index (χ0) is 15.6. The van der Waals surface area contributed by atoms with Crippen LogP contribution in [0.15, 0.2) is 24.4 Å². The molecule has 0 saturated heterocycles. The summed E-state index contributed by atoms with van der Waals surface area (Å²) in [7, 11) is 0. The highest BCUT2D eigenvalue weighted by molar-refractivity contribution is 5.44. The number of halogens is 3. The van der Waals surface area contributed by atoms with Crippen molar-refractivity contribution in [2.24, 2.45) is 0 Å². The predicted molar refractivity (Wildman–Crippen MR) is 71.2 cm³/mol. The molecule has 0 spiro atoms. The van der Waals surface area contributed by atoms with E-state index in [1.54, 1.807) is 12.3 Å². The van der Waals surface area contributed by atoms with Crippen LogP contribution in [0.2, 0.25) is 0 Å². The Balaban J connectivity index is 1.66. The normalized spacial score (nSPS) is 12.0. The van der Waals surface area contributed by atoms with Crippen molar-refractivity contribution in [2.75, 3.05) is 11.9 Å². The van der Waals surface area contributed by atoms with E-state index in [9.17, 15) is 13.2 Å². The van der Waals surface area contributed by atoms with Gasteiger partial charge < -0.3 is 5.32 Å². The maximum absolute atomic E-state index is 12.8. The van der Waals surface area contributed by atoms with Crippen LogP contribution in [0.1, 0.15) is 17.9 Å². The molecule has 2 N–H and O–H groups in total. The maximum Gasteiger partial charge on any atom is 0.453 e. The van der Waals surface area contributed by atoms with E-state index < -0.39 is 12.0 Å². The van der Waals surface area contributed by atoms with E-state index in [1.165, 1.54) is 6.07 Å². The summed E-state index contributed by atoms with van der Waals surface area (Å²) >= 11 is 0. The molecule has 0 aliphatic carbocycles. The van der Waals surface area contributed by atoms with E-state index in [1.807, 2.05) is 6.07 Å². The van der Waals surface area contributed by atoms with Gasteiger partial charge in [-0.1, -0.05) is 0 Å². The molecule has 7 nitrogen and oxygen atoms in total. The van der Waals surface area contributed by atoms with Crippen molar-refractivity contribution in [3.63, 3.8) is 0 Å². The first-order valence-electron chi connectivity index (χ1n) is 6.56. The van der Waals surface area contributed by atoms with Crippen LogP contribution < -0.4 is 5.32 Å². The summed E-state index contributed by atoms with van der Waals surface area (Å²) < 4.78 is 39.0. The van der Waals surface area contributed by atoms with Crippen LogP contribution in [-0.4, -0.2) is 36.6 Å². The molecule has 3 aromatic rings. The monoisotopic (exact) mass is 311 g/mol. The molecule has 3 rings (SSSR count). The van der Waals surface area contributed by atoms with Crippen molar-refractivity contribution in [1.82, 2.24) is 30.0 Å². The van der Waals surface area contributed by atoms with Crippen molar-refractivity contribution in [1.29, 1.82) is 0 Å². The van der Waals surface area contributed by atoms with Crippen molar-refractivity contribution in [2.45, 2.75) is 19.0 Å². The largest absolute Gasteiger partial charge is 0.453 e. The number of hydrogen-bond acceptors (Lipinski definition) is 5. The van der Waals surface area contributed by atoms with Crippen LogP contribution in [0.4, 0.5) is 19.0 Å². The number of nitrogens with one attached hydrogen (secondary N) is 2. The number of anilines is 1. The molecule has 116 valence electrons. The molecule has 0 atom stereocenters. The number of rotatable bonds is 5. The third kappa shape index (κ3) is 3.00. The number of alkyl halides is 3. The number of H-pyrrole nitrogens is 1. The van der Waals surface area contributed by atoms with E-state index >= 15 is 0 Å². The standard InChI is InChI=1S/C12H12F3N7/c13-12(14,15)11-20-19-10-4-3-9(21-22(10)11)16-6-1-2-8-5-7-17-18-8/h3-5,7H,1-2,6H2,(H,16,21)(H,17,18). The van der Waals surface area contributed by atoms with Gasteiger partial charge in [0.05, 0.1) is 0 Å². The van der Waals surface area contributed by atoms with Gasteiger partial charge in [-0.2, -0.15) is 22.8 Å². The Morgan fingerprint density at radius 1 is 1.18 bits per heavy atom. The van der Waals surface area contributed by atoms with Crippen LogP contribution in [0.3, 0.4) is 0 Å². The number of fused-ring (bicyclic) bond motifs is 1. The van der Waals surface area contributed by atoms with E-state index in [0.717, 1.165) is 18.5 Å². The molecule has 0 aliphatic rings. The van der Waals surface area contributed by atoms with Crippen LogP contribution >= 0.6 is 0 Å². The molecule has 22 heavy (non-hydrogen) atoms. The Morgan fingerprint density at radius 2 is 2.05 bits per heavy atom. The molecular formula is C12H12F3N7. The van der Waals surface area contributed by atoms with E-state index in [0.29, 0.717) is 16.9 Å². The van der Waals surface area contributed by atoms with Crippen LogP contribution in [0.25, 0.3) is 5.65 Å². The van der Waals surface area contributed by atoms with Gasteiger partial charge in [0.1, 0.15) is 5.82 Å². The minimum atomic E-state index is -4.59. The highest BCUT2D eigenvalue weighted by Crippen LogP contribution is 2.27. The van der Waals surface area contributed by atoms with Gasteiger partial charge in [0, 0.05) is 18.4 Å². The third-order valence-corrected chi connectivity index (χ3v) is 3.00. The summed E-state index contributed by atoms with van der Waals surface area (Å²) in [6, 6.07) is 4.88. The van der Waals surface area contributed by atoms with Gasteiger partial charge in [-0.15, -0.1) is 15.3 Å². The van der Waals surface area contributed by atoms with Crippen molar-refractivity contribution >= 4 is 11.5 Å². The summed E-state index contributed by atoms with van der Waals surface area (Å²) in [5, 5.41) is 20.1. The molecule has 0 saturated carbocycles. The van der Waals surface area contributed by atoms with Gasteiger partial charge in [-0.05, 0) is 31.0 Å². The summed E-state index contributed by atoms with van der Waals surface area (Å²) in [5.41, 5.74) is 1.05. The molecule has 0 fully saturated rings. The maximum atomic E-state index is 12.8. The second kappa shape index (κ2) is 5.62. The summed E-state index contributed by atoms with van der Waals surface area (Å²) in [5.74, 6) is -0.800. The Hall–Kier alpha value is -2.65. The first-order valence-corrected chi connectivity index (χ1v) is 6.56. The zero-order valence-electron chi connectivity index (χ0n) is 11.3. The fourth-order valence-corrected chi connectivity index (χ4v) is 1.98. The van der Waals surface area contributed by atoms with Gasteiger partial charge in [0.25, 0.3) is 5.82 Å². The highest BCUT2D eigenvalue weighted by atomic mass is 19.4. The molecule has 3 aromatic heterocycles. The Kier molecular flexibility index (Phi) is 3.65. The van der Waals surface area contributed by atoms with E-state index in [4.69, 9.17) is 0 Å². The molecular weight excluding hydrogens is 299 g/mol. The van der Waals surface area contributed by atoms with E-state index in [2.05, 4.69) is 30.8 Å². The summed E-state index contributed by atoms with van der Waals surface area (Å²) in [6.45, 7) is 0.570. The molecule has 10 heteroatoms. The SMILES string of the molecule is FC(F)(F)c1nnc2ccc(NCCCc3ccn[nH]3)nn12. The lowest BCUT2D eigenvalue weighted by Crippen LogP contribution is -2.14. The van der Waals surface area contributed by atoms with Crippen LogP contribution in [-0.2, 0) is 12.6 Å². The fraction of sp³-hybridized carbons (Fsp3) is 0.333. The lowest BCUT2D eigenvalue weighted by atomic mass is 10.2. The smallest absolute Gasteiger partial charge is 0.369 e. The first kappa shape index (κ1) is 14.3. The quantitative estimate of drug-likeness (QED) is 0.703. The molecule has 3 heterocycles. The minimum absolute atomic E-state index is 0.0512. The van der Waals surface area contributed by atoms with Crippen LogP contribution in [0.5, 0.6) is 0 Å². The van der Waals surface area contributed by atoms with Gasteiger partial charge in [0.15, 0.2) is 5.65 Å². The summed E-state index contributed by atoms with van der Waals surface area (Å²) in [6.07, 6.45) is -1.35. The van der Waals surface area contributed by atoms with Gasteiger partial charge in [0.2, 0.25) is 0 Å². The Bertz CT molecular complexity index is 748. The molecule has 0 unspecified atom stereocenters. The summed E-state index contributed by atoms with van der Waals surface area (Å²) in [4.78, 5) is 0. The molecule has 0 amide bonds. The van der Waals surface area contributed by atoms with Gasteiger partial charge in [-0.25, -0.2) is 0 Å². The number of hydrogen-bond donors (Lipinski definition) is 2. The number of nitrogens with zero attached hydrogens (tertiary/aromatic N) is 5. The van der Waals surface area contributed by atoms with Crippen molar-refractivity contribution < 1.29 is 13.2 Å². The number of aromatic amines is 1. The molecule has 0 aliphatic heterocycles. The topological polar surface area (TPSA) is 83.8 Å². The Labute approximate surface area is 122 Å². The minimum Gasteiger partial charge on any atom is -0.369 e. The van der Waals surface area contributed by atoms with Crippen LogP contribution in [0, 0.1) is 0 Å². The number of aromatic nitrogens is 6. The van der Waals surface area contributed by atoms with Gasteiger partial charge in [-0.3, -0.25) is 5.10 Å².